The molecule has 4 heteroatoms. The van der Waals surface area contributed by atoms with Gasteiger partial charge in [0, 0.05) is 29.6 Å². The maximum atomic E-state index is 11.3. The molecule has 20 heavy (non-hydrogen) atoms. The molecule has 2 rings (SSSR count). The van der Waals surface area contributed by atoms with E-state index in [-0.39, 0.29) is 10.6 Å². The van der Waals surface area contributed by atoms with E-state index in [1.165, 1.54) is 0 Å². The quantitative estimate of drug-likeness (QED) is 0.625. The Morgan fingerprint density at radius 1 is 1.30 bits per heavy atom. The van der Waals surface area contributed by atoms with Crippen molar-refractivity contribution in [3.8, 4) is 0 Å². The van der Waals surface area contributed by atoms with Crippen molar-refractivity contribution in [3.05, 3.63) is 69.0 Å². The Bertz CT molecular complexity index is 655. The van der Waals surface area contributed by atoms with Crippen molar-refractivity contribution in [2.24, 2.45) is 0 Å². The highest BCUT2D eigenvalue weighted by Gasteiger charge is 2.16. The molecule has 104 valence electrons. The second-order valence-electron chi connectivity index (χ2n) is 4.72. The molecular formula is C16H18N2O2. The summed E-state index contributed by atoms with van der Waals surface area (Å²) in [5.41, 5.74) is 3.83. The molecule has 0 amide bonds. The Labute approximate surface area is 118 Å². The first kappa shape index (κ1) is 14.1. The Hall–Kier alpha value is -2.36. The minimum Gasteiger partial charge on any atom is -0.349 e. The highest BCUT2D eigenvalue weighted by atomic mass is 16.6. The van der Waals surface area contributed by atoms with Crippen LogP contribution in [0.15, 0.2) is 36.4 Å². The highest BCUT2D eigenvalue weighted by molar-refractivity contribution is 5.77. The predicted octanol–water partition coefficient (Wildman–Crippen LogP) is 3.90. The highest BCUT2D eigenvalue weighted by Crippen LogP contribution is 2.23. The molecule has 0 aliphatic rings. The molecule has 0 aliphatic carbocycles. The average Bonchev–Trinajstić information content (AvgIpc) is 2.70. The lowest BCUT2D eigenvalue weighted by Crippen LogP contribution is -2.00. The van der Waals surface area contributed by atoms with Crippen LogP contribution in [0.25, 0.3) is 11.8 Å². The Balaban J connectivity index is 2.53. The Morgan fingerprint density at radius 2 is 1.95 bits per heavy atom. The van der Waals surface area contributed by atoms with Crippen molar-refractivity contribution in [1.82, 2.24) is 4.57 Å². The molecule has 0 radical (unpaired) electrons. The summed E-state index contributed by atoms with van der Waals surface area (Å²) in [6.45, 7) is 6.94. The zero-order valence-electron chi connectivity index (χ0n) is 12.0. The lowest BCUT2D eigenvalue weighted by Gasteiger charge is -2.04. The lowest BCUT2D eigenvalue weighted by atomic mass is 10.1. The molecule has 0 atom stereocenters. The zero-order chi connectivity index (χ0) is 14.7. The third kappa shape index (κ3) is 2.64. The van der Waals surface area contributed by atoms with E-state index in [0.717, 1.165) is 23.5 Å². The number of benzene rings is 1. The van der Waals surface area contributed by atoms with Crippen molar-refractivity contribution < 1.29 is 4.92 Å². The van der Waals surface area contributed by atoms with Crippen LogP contribution in [-0.4, -0.2) is 9.49 Å². The smallest absolute Gasteiger partial charge is 0.277 e. The van der Waals surface area contributed by atoms with E-state index in [1.807, 2.05) is 38.1 Å². The van der Waals surface area contributed by atoms with Gasteiger partial charge in [0.2, 0.25) is 0 Å². The summed E-state index contributed by atoms with van der Waals surface area (Å²) in [4.78, 5) is 11.0. The van der Waals surface area contributed by atoms with Gasteiger partial charge in [-0.3, -0.25) is 10.1 Å². The van der Waals surface area contributed by atoms with E-state index < -0.39 is 0 Å². The van der Waals surface area contributed by atoms with Gasteiger partial charge in [-0.2, -0.15) is 0 Å². The maximum absolute atomic E-state index is 11.3. The summed E-state index contributed by atoms with van der Waals surface area (Å²) in [6, 6.07) is 11.0. The molecule has 4 nitrogen and oxygen atoms in total. The van der Waals surface area contributed by atoms with Gasteiger partial charge in [-0.25, -0.2) is 0 Å². The Kier molecular flexibility index (Phi) is 4.03. The molecule has 1 aromatic heterocycles. The third-order valence-electron chi connectivity index (χ3n) is 3.49. The number of nitrogens with zero attached hydrogens (tertiary/aromatic N) is 2. The summed E-state index contributed by atoms with van der Waals surface area (Å²) in [5.74, 6) is 0. The van der Waals surface area contributed by atoms with E-state index in [9.17, 15) is 10.1 Å². The fourth-order valence-electron chi connectivity index (χ4n) is 2.46. The van der Waals surface area contributed by atoms with E-state index in [0.29, 0.717) is 5.56 Å². The minimum absolute atomic E-state index is 0.127. The maximum Gasteiger partial charge on any atom is 0.277 e. The van der Waals surface area contributed by atoms with Gasteiger partial charge in [-0.1, -0.05) is 18.2 Å². The Morgan fingerprint density at radius 3 is 2.45 bits per heavy atom. The second kappa shape index (κ2) is 5.74. The monoisotopic (exact) mass is 270 g/mol. The molecule has 0 saturated carbocycles. The van der Waals surface area contributed by atoms with Gasteiger partial charge < -0.3 is 4.57 Å². The van der Waals surface area contributed by atoms with Crippen molar-refractivity contribution in [3.63, 3.8) is 0 Å². The van der Waals surface area contributed by atoms with Gasteiger partial charge in [0.15, 0.2) is 0 Å². The lowest BCUT2D eigenvalue weighted by molar-refractivity contribution is -0.374. The van der Waals surface area contributed by atoms with Crippen molar-refractivity contribution in [1.29, 1.82) is 0 Å². The molecule has 0 N–H and O–H groups in total. The van der Waals surface area contributed by atoms with E-state index in [1.54, 1.807) is 18.2 Å². The second-order valence-corrected chi connectivity index (χ2v) is 4.72. The van der Waals surface area contributed by atoms with Crippen LogP contribution >= 0.6 is 0 Å². The summed E-state index contributed by atoms with van der Waals surface area (Å²) in [7, 11) is 0. The van der Waals surface area contributed by atoms with Gasteiger partial charge in [0.05, 0.1) is 10.5 Å². The molecule has 1 heterocycles. The molecule has 0 saturated heterocycles. The fraction of sp³-hybridized carbons (Fsp3) is 0.250. The third-order valence-corrected chi connectivity index (χ3v) is 3.49. The van der Waals surface area contributed by atoms with E-state index in [2.05, 4.69) is 11.5 Å². The number of hydrogen-bond donors (Lipinski definition) is 0. The first-order valence-electron chi connectivity index (χ1n) is 6.62. The first-order valence-corrected chi connectivity index (χ1v) is 6.62. The molecule has 0 unspecified atom stereocenters. The first-order chi connectivity index (χ1) is 9.54. The zero-order valence-corrected chi connectivity index (χ0v) is 12.0. The number of nitro groups is 1. The summed E-state index contributed by atoms with van der Waals surface area (Å²) < 4.78 is 2.15. The van der Waals surface area contributed by atoms with Crippen LogP contribution in [0.4, 0.5) is 0 Å². The van der Waals surface area contributed by atoms with Crippen LogP contribution in [0.1, 0.15) is 29.4 Å². The van der Waals surface area contributed by atoms with Crippen molar-refractivity contribution in [2.75, 3.05) is 0 Å². The minimum atomic E-state index is -0.326. The van der Waals surface area contributed by atoms with Crippen LogP contribution in [0.3, 0.4) is 0 Å². The summed E-state index contributed by atoms with van der Waals surface area (Å²) >= 11 is 0. The topological polar surface area (TPSA) is 48.1 Å². The predicted molar refractivity (Wildman–Crippen MR) is 80.9 cm³/mol. The molecule has 1 aromatic carbocycles. The van der Waals surface area contributed by atoms with Gasteiger partial charge in [-0.15, -0.1) is 0 Å². The van der Waals surface area contributed by atoms with Crippen LogP contribution in [0, 0.1) is 24.0 Å². The van der Waals surface area contributed by atoms with Crippen molar-refractivity contribution >= 4 is 11.8 Å². The van der Waals surface area contributed by atoms with Crippen LogP contribution in [0.2, 0.25) is 0 Å². The van der Waals surface area contributed by atoms with Crippen LogP contribution in [0.5, 0.6) is 0 Å². The van der Waals surface area contributed by atoms with Gasteiger partial charge >= 0.3 is 0 Å². The van der Waals surface area contributed by atoms with Crippen LogP contribution < -0.4 is 0 Å². The van der Waals surface area contributed by atoms with Crippen molar-refractivity contribution in [2.45, 2.75) is 27.3 Å². The van der Waals surface area contributed by atoms with Gasteiger partial charge in [-0.05, 0) is 39.0 Å². The molecule has 2 aromatic rings. The van der Waals surface area contributed by atoms with E-state index >= 15 is 0 Å². The average molecular weight is 270 g/mol. The van der Waals surface area contributed by atoms with Gasteiger partial charge in [0.1, 0.15) is 0 Å². The number of hydrogen-bond acceptors (Lipinski definition) is 2. The molecule has 0 bridgehead atoms. The van der Waals surface area contributed by atoms with E-state index in [4.69, 9.17) is 0 Å². The SMILES string of the molecule is CCn1c(C)cc(C=C(c2ccccc2)[N+](=O)[O-])c1C. The molecule has 0 spiro atoms. The summed E-state index contributed by atoms with van der Waals surface area (Å²) in [6.07, 6.45) is 1.66. The number of rotatable bonds is 4. The van der Waals surface area contributed by atoms with Crippen LogP contribution in [-0.2, 0) is 6.54 Å². The molecular weight excluding hydrogens is 252 g/mol. The molecule has 0 fully saturated rings. The normalized spacial score (nSPS) is 11.7. The van der Waals surface area contributed by atoms with Gasteiger partial charge in [0.25, 0.3) is 5.70 Å². The molecule has 0 aliphatic heterocycles. The largest absolute Gasteiger partial charge is 0.349 e. The fourth-order valence-corrected chi connectivity index (χ4v) is 2.46. The number of aromatic nitrogens is 1. The summed E-state index contributed by atoms with van der Waals surface area (Å²) in [5, 5.41) is 11.3. The number of aryl methyl sites for hydroxylation is 1. The standard InChI is InChI=1S/C16H18N2O2/c1-4-17-12(2)10-15(13(17)3)11-16(18(19)20)14-8-6-5-7-9-14/h5-11H,4H2,1-3H3.